The predicted octanol–water partition coefficient (Wildman–Crippen LogP) is 2.61. The van der Waals surface area contributed by atoms with Crippen molar-refractivity contribution in [1.82, 2.24) is 19.5 Å². The van der Waals surface area contributed by atoms with Gasteiger partial charge in [0.2, 0.25) is 5.91 Å². The SMILES string of the molecule is CCOc1cc(-c2ccc(C3CN(C(C)=O)C3)nc2)c2c(C#N)cnn2c1. The molecule has 0 radical (unpaired) electrons. The Morgan fingerprint density at radius 3 is 2.81 bits per heavy atom. The predicted molar refractivity (Wildman–Crippen MR) is 99.3 cm³/mol. The van der Waals surface area contributed by atoms with E-state index in [0.717, 1.165) is 22.3 Å². The van der Waals surface area contributed by atoms with Gasteiger partial charge in [0.05, 0.1) is 30.1 Å². The van der Waals surface area contributed by atoms with Crippen LogP contribution in [-0.4, -0.2) is 45.1 Å². The molecule has 0 aliphatic carbocycles. The summed E-state index contributed by atoms with van der Waals surface area (Å²) in [5, 5.41) is 13.7. The van der Waals surface area contributed by atoms with Crippen molar-refractivity contribution in [3.05, 3.63) is 48.0 Å². The molecule has 4 rings (SSSR count). The standard InChI is InChI=1S/C20H19N5O2/c1-3-27-17-6-18(20-15(7-21)9-23-25(20)12-17)14-4-5-19(22-8-14)16-10-24(11-16)13(2)26/h4-6,8-9,12,16H,3,10-11H2,1-2H3. The first-order valence-electron chi connectivity index (χ1n) is 8.86. The summed E-state index contributed by atoms with van der Waals surface area (Å²) in [6, 6.07) is 8.10. The molecule has 1 saturated heterocycles. The van der Waals surface area contributed by atoms with Crippen LogP contribution in [0.15, 0.2) is 36.8 Å². The number of fused-ring (bicyclic) bond motifs is 1. The molecule has 0 aromatic carbocycles. The van der Waals surface area contributed by atoms with Crippen molar-refractivity contribution in [3.8, 4) is 22.9 Å². The molecular formula is C20H19N5O2. The van der Waals surface area contributed by atoms with Crippen molar-refractivity contribution in [2.45, 2.75) is 19.8 Å². The number of carbonyl (C=O) groups is 1. The fourth-order valence-corrected chi connectivity index (χ4v) is 3.37. The minimum Gasteiger partial charge on any atom is -0.492 e. The van der Waals surface area contributed by atoms with Crippen LogP contribution in [-0.2, 0) is 4.79 Å². The van der Waals surface area contributed by atoms with E-state index in [1.807, 2.05) is 31.3 Å². The number of pyridine rings is 2. The van der Waals surface area contributed by atoms with Crippen molar-refractivity contribution in [2.24, 2.45) is 0 Å². The second-order valence-electron chi connectivity index (χ2n) is 6.58. The molecule has 3 aromatic rings. The Kier molecular flexibility index (Phi) is 4.24. The monoisotopic (exact) mass is 361 g/mol. The second kappa shape index (κ2) is 6.72. The van der Waals surface area contributed by atoms with Gasteiger partial charge in [-0.25, -0.2) is 4.52 Å². The van der Waals surface area contributed by atoms with Gasteiger partial charge in [-0.2, -0.15) is 10.4 Å². The van der Waals surface area contributed by atoms with Crippen LogP contribution < -0.4 is 4.74 Å². The van der Waals surface area contributed by atoms with E-state index in [1.54, 1.807) is 28.7 Å². The van der Waals surface area contributed by atoms with Gasteiger partial charge in [0, 0.05) is 48.9 Å². The normalized spacial score (nSPS) is 14.0. The Labute approximate surface area is 156 Å². The smallest absolute Gasteiger partial charge is 0.219 e. The van der Waals surface area contributed by atoms with Crippen LogP contribution in [0.25, 0.3) is 16.6 Å². The lowest BCUT2D eigenvalue weighted by molar-refractivity contribution is -0.133. The highest BCUT2D eigenvalue weighted by Crippen LogP contribution is 2.32. The van der Waals surface area contributed by atoms with Crippen molar-refractivity contribution >= 4 is 11.4 Å². The summed E-state index contributed by atoms with van der Waals surface area (Å²) in [4.78, 5) is 17.8. The van der Waals surface area contributed by atoms with E-state index in [1.165, 1.54) is 0 Å². The topological polar surface area (TPSA) is 83.5 Å². The molecule has 0 spiro atoms. The van der Waals surface area contributed by atoms with E-state index >= 15 is 0 Å². The third-order valence-corrected chi connectivity index (χ3v) is 4.86. The molecule has 27 heavy (non-hydrogen) atoms. The fourth-order valence-electron chi connectivity index (χ4n) is 3.37. The van der Waals surface area contributed by atoms with Gasteiger partial charge in [0.1, 0.15) is 11.8 Å². The molecule has 0 N–H and O–H groups in total. The first-order chi connectivity index (χ1) is 13.1. The number of amides is 1. The van der Waals surface area contributed by atoms with E-state index in [9.17, 15) is 10.1 Å². The van der Waals surface area contributed by atoms with E-state index in [4.69, 9.17) is 4.74 Å². The maximum atomic E-state index is 11.3. The van der Waals surface area contributed by atoms with Gasteiger partial charge in [-0.05, 0) is 19.1 Å². The van der Waals surface area contributed by atoms with Crippen molar-refractivity contribution in [1.29, 1.82) is 5.26 Å². The number of carbonyl (C=O) groups excluding carboxylic acids is 1. The van der Waals surface area contributed by atoms with Crippen LogP contribution in [0, 0.1) is 11.3 Å². The lowest BCUT2D eigenvalue weighted by atomic mass is 9.95. The maximum absolute atomic E-state index is 11.3. The lowest BCUT2D eigenvalue weighted by Crippen LogP contribution is -2.47. The molecule has 1 amide bonds. The first-order valence-corrected chi connectivity index (χ1v) is 8.86. The Bertz CT molecular complexity index is 1040. The Balaban J connectivity index is 1.70. The van der Waals surface area contributed by atoms with Crippen LogP contribution in [0.1, 0.15) is 31.0 Å². The third-order valence-electron chi connectivity index (χ3n) is 4.86. The summed E-state index contributed by atoms with van der Waals surface area (Å²) < 4.78 is 7.31. The molecule has 1 fully saturated rings. The van der Waals surface area contributed by atoms with E-state index < -0.39 is 0 Å². The fraction of sp³-hybridized carbons (Fsp3) is 0.300. The maximum Gasteiger partial charge on any atom is 0.219 e. The van der Waals surface area contributed by atoms with Crippen molar-refractivity contribution < 1.29 is 9.53 Å². The van der Waals surface area contributed by atoms with Gasteiger partial charge in [0.15, 0.2) is 0 Å². The van der Waals surface area contributed by atoms with E-state index in [0.29, 0.717) is 31.0 Å². The molecule has 4 heterocycles. The highest BCUT2D eigenvalue weighted by Gasteiger charge is 2.30. The zero-order valence-electron chi connectivity index (χ0n) is 15.2. The van der Waals surface area contributed by atoms with Gasteiger partial charge >= 0.3 is 0 Å². The Morgan fingerprint density at radius 1 is 1.37 bits per heavy atom. The zero-order chi connectivity index (χ0) is 19.0. The second-order valence-corrected chi connectivity index (χ2v) is 6.58. The molecule has 7 heteroatoms. The molecule has 3 aromatic heterocycles. The summed E-state index contributed by atoms with van der Waals surface area (Å²) in [7, 11) is 0. The Morgan fingerprint density at radius 2 is 2.19 bits per heavy atom. The molecule has 0 unspecified atom stereocenters. The van der Waals surface area contributed by atoms with Gasteiger partial charge in [-0.3, -0.25) is 9.78 Å². The van der Waals surface area contributed by atoms with Crippen molar-refractivity contribution in [2.75, 3.05) is 19.7 Å². The van der Waals surface area contributed by atoms with Crippen LogP contribution in [0.5, 0.6) is 5.75 Å². The summed E-state index contributed by atoms with van der Waals surface area (Å²) in [6.07, 6.45) is 5.14. The van der Waals surface area contributed by atoms with E-state index in [2.05, 4.69) is 16.2 Å². The van der Waals surface area contributed by atoms with Crippen molar-refractivity contribution in [3.63, 3.8) is 0 Å². The van der Waals surface area contributed by atoms with Crippen LogP contribution in [0.4, 0.5) is 0 Å². The summed E-state index contributed by atoms with van der Waals surface area (Å²) in [5.41, 5.74) is 3.97. The summed E-state index contributed by atoms with van der Waals surface area (Å²) >= 11 is 0. The molecule has 0 atom stereocenters. The number of nitrogens with zero attached hydrogens (tertiary/aromatic N) is 5. The number of rotatable bonds is 4. The summed E-state index contributed by atoms with van der Waals surface area (Å²) in [5.74, 6) is 1.07. The number of hydrogen-bond donors (Lipinski definition) is 0. The Hall–Kier alpha value is -3.40. The van der Waals surface area contributed by atoms with Crippen LogP contribution in [0.2, 0.25) is 0 Å². The molecule has 0 saturated carbocycles. The molecular weight excluding hydrogens is 342 g/mol. The highest BCUT2D eigenvalue weighted by molar-refractivity contribution is 5.85. The first kappa shape index (κ1) is 17.0. The molecule has 1 aliphatic rings. The molecule has 1 aliphatic heterocycles. The zero-order valence-corrected chi connectivity index (χ0v) is 15.2. The van der Waals surface area contributed by atoms with E-state index in [-0.39, 0.29) is 11.8 Å². The lowest BCUT2D eigenvalue weighted by Gasteiger charge is -2.38. The minimum absolute atomic E-state index is 0.0998. The average molecular weight is 361 g/mol. The number of likely N-dealkylation sites (tertiary alicyclic amines) is 1. The molecule has 136 valence electrons. The molecule has 7 nitrogen and oxygen atoms in total. The van der Waals surface area contributed by atoms with Gasteiger partial charge < -0.3 is 9.64 Å². The van der Waals surface area contributed by atoms with Crippen LogP contribution in [0.3, 0.4) is 0 Å². The number of ether oxygens (including phenoxy) is 1. The third kappa shape index (κ3) is 2.99. The van der Waals surface area contributed by atoms with Gasteiger partial charge in [-0.15, -0.1) is 0 Å². The highest BCUT2D eigenvalue weighted by atomic mass is 16.5. The minimum atomic E-state index is 0.0998. The van der Waals surface area contributed by atoms with Crippen LogP contribution >= 0.6 is 0 Å². The average Bonchev–Trinajstić information content (AvgIpc) is 3.03. The summed E-state index contributed by atoms with van der Waals surface area (Å²) in [6.45, 7) is 5.48. The van der Waals surface area contributed by atoms with Gasteiger partial charge in [0.25, 0.3) is 0 Å². The molecule has 0 bridgehead atoms. The van der Waals surface area contributed by atoms with Gasteiger partial charge in [-0.1, -0.05) is 6.07 Å². The number of nitriles is 1. The largest absolute Gasteiger partial charge is 0.492 e. The number of hydrogen-bond acceptors (Lipinski definition) is 5. The quantitative estimate of drug-likeness (QED) is 0.713. The number of aromatic nitrogens is 3.